The lowest BCUT2D eigenvalue weighted by molar-refractivity contribution is -0.137. The fourth-order valence-corrected chi connectivity index (χ4v) is 3.73. The van der Waals surface area contributed by atoms with Gasteiger partial charge in [-0.2, -0.15) is 23.1 Å². The molecule has 1 heterocycles. The first-order valence-electron chi connectivity index (χ1n) is 9.72. The normalized spacial score (nSPS) is 19.2. The lowest BCUT2D eigenvalue weighted by atomic mass is 9.78. The lowest BCUT2D eigenvalue weighted by Gasteiger charge is -2.29. The molecule has 0 bridgehead atoms. The van der Waals surface area contributed by atoms with E-state index in [0.717, 1.165) is 31.4 Å². The zero-order chi connectivity index (χ0) is 21.7. The Balaban J connectivity index is 1.74. The number of carbonyl (C=O) groups is 1. The van der Waals surface area contributed by atoms with E-state index in [9.17, 15) is 18.0 Å². The minimum absolute atomic E-state index is 0.0221. The van der Waals surface area contributed by atoms with E-state index in [1.807, 2.05) is 0 Å². The molecule has 30 heavy (non-hydrogen) atoms. The molecular weight excluding hydrogens is 399 g/mol. The molecular formula is C21H24F3N3O3. The molecule has 1 fully saturated rings. The molecule has 6 nitrogen and oxygen atoms in total. The monoisotopic (exact) mass is 423 g/mol. The van der Waals surface area contributed by atoms with Gasteiger partial charge in [0.1, 0.15) is 5.82 Å². The van der Waals surface area contributed by atoms with Gasteiger partial charge in [-0.3, -0.25) is 4.79 Å². The second kappa shape index (κ2) is 9.32. The smallest absolute Gasteiger partial charge is 0.416 e. The molecule has 162 valence electrons. The number of carbonyl (C=O) groups excluding carboxylic acids is 1. The number of amides is 1. The first kappa shape index (κ1) is 21.9. The van der Waals surface area contributed by atoms with Gasteiger partial charge in [0.05, 0.1) is 25.8 Å². The van der Waals surface area contributed by atoms with Crippen molar-refractivity contribution >= 4 is 5.91 Å². The summed E-state index contributed by atoms with van der Waals surface area (Å²) in [6.45, 7) is 0.0221. The Labute approximate surface area is 172 Å². The number of halogens is 3. The van der Waals surface area contributed by atoms with Crippen LogP contribution in [0.5, 0.6) is 11.8 Å². The fourth-order valence-electron chi connectivity index (χ4n) is 3.73. The van der Waals surface area contributed by atoms with Gasteiger partial charge >= 0.3 is 6.18 Å². The molecule has 3 rings (SSSR count). The largest absolute Gasteiger partial charge is 0.481 e. The van der Waals surface area contributed by atoms with E-state index in [0.29, 0.717) is 29.6 Å². The average Bonchev–Trinajstić information content (AvgIpc) is 2.76. The van der Waals surface area contributed by atoms with Crippen LogP contribution in [0.3, 0.4) is 0 Å². The minimum Gasteiger partial charge on any atom is -0.481 e. The van der Waals surface area contributed by atoms with Crippen molar-refractivity contribution in [2.24, 2.45) is 5.92 Å². The molecule has 2 atom stereocenters. The van der Waals surface area contributed by atoms with Gasteiger partial charge in [0.25, 0.3) is 0 Å². The second-order valence-corrected chi connectivity index (χ2v) is 7.22. The maximum atomic E-state index is 12.9. The SMILES string of the molecule is COc1cc(OC)nc([C@@H]2CCCC[C@@H]2C(=O)NCc2cccc(C(F)(F)F)c2)n1. The highest BCUT2D eigenvalue weighted by Gasteiger charge is 2.35. The number of nitrogens with one attached hydrogen (secondary N) is 1. The van der Waals surface area contributed by atoms with Crippen LogP contribution in [0.2, 0.25) is 0 Å². The number of hydrogen-bond acceptors (Lipinski definition) is 5. The van der Waals surface area contributed by atoms with Crippen molar-refractivity contribution in [3.63, 3.8) is 0 Å². The van der Waals surface area contributed by atoms with Crippen molar-refractivity contribution in [1.82, 2.24) is 15.3 Å². The summed E-state index contributed by atoms with van der Waals surface area (Å²) in [7, 11) is 2.98. The number of ether oxygens (including phenoxy) is 2. The summed E-state index contributed by atoms with van der Waals surface area (Å²) in [6.07, 6.45) is -1.21. The number of nitrogens with zero attached hydrogens (tertiary/aromatic N) is 2. The van der Waals surface area contributed by atoms with E-state index in [2.05, 4.69) is 15.3 Å². The first-order valence-corrected chi connectivity index (χ1v) is 9.72. The lowest BCUT2D eigenvalue weighted by Crippen LogP contribution is -2.36. The summed E-state index contributed by atoms with van der Waals surface area (Å²) in [5.74, 6) is 0.370. The Kier molecular flexibility index (Phi) is 6.79. The van der Waals surface area contributed by atoms with Gasteiger partial charge in [-0.15, -0.1) is 0 Å². The summed E-state index contributed by atoms with van der Waals surface area (Å²) < 4.78 is 49.1. The number of alkyl halides is 3. The number of benzene rings is 1. The Morgan fingerprint density at radius 1 is 1.10 bits per heavy atom. The van der Waals surface area contributed by atoms with Crippen molar-refractivity contribution in [3.8, 4) is 11.8 Å². The third kappa shape index (κ3) is 5.20. The molecule has 1 amide bonds. The highest BCUT2D eigenvalue weighted by molar-refractivity contribution is 5.79. The van der Waals surface area contributed by atoms with Crippen LogP contribution in [0, 0.1) is 5.92 Å². The molecule has 0 unspecified atom stereocenters. The van der Waals surface area contributed by atoms with Gasteiger partial charge in [0.15, 0.2) is 0 Å². The van der Waals surface area contributed by atoms with Gasteiger partial charge in [0.2, 0.25) is 17.7 Å². The Hall–Kier alpha value is -2.84. The maximum absolute atomic E-state index is 12.9. The van der Waals surface area contributed by atoms with Crippen LogP contribution in [0.25, 0.3) is 0 Å². The molecule has 2 aromatic rings. The maximum Gasteiger partial charge on any atom is 0.416 e. The van der Waals surface area contributed by atoms with Crippen molar-refractivity contribution in [3.05, 3.63) is 47.3 Å². The Morgan fingerprint density at radius 2 is 1.77 bits per heavy atom. The molecule has 0 saturated heterocycles. The molecule has 1 aromatic carbocycles. The van der Waals surface area contributed by atoms with Crippen molar-refractivity contribution in [2.75, 3.05) is 14.2 Å². The molecule has 0 radical (unpaired) electrons. The molecule has 0 spiro atoms. The molecule has 1 aromatic heterocycles. The van der Waals surface area contributed by atoms with Crippen LogP contribution in [0.1, 0.15) is 48.6 Å². The van der Waals surface area contributed by atoms with Crippen LogP contribution >= 0.6 is 0 Å². The Morgan fingerprint density at radius 3 is 2.40 bits per heavy atom. The zero-order valence-electron chi connectivity index (χ0n) is 16.8. The van der Waals surface area contributed by atoms with Gasteiger partial charge < -0.3 is 14.8 Å². The fraction of sp³-hybridized carbons (Fsp3) is 0.476. The van der Waals surface area contributed by atoms with E-state index in [1.165, 1.54) is 20.3 Å². The summed E-state index contributed by atoms with van der Waals surface area (Å²) >= 11 is 0. The Bertz CT molecular complexity index is 867. The summed E-state index contributed by atoms with van der Waals surface area (Å²) in [4.78, 5) is 21.7. The van der Waals surface area contributed by atoms with Gasteiger partial charge in [-0.25, -0.2) is 0 Å². The van der Waals surface area contributed by atoms with Crippen LogP contribution < -0.4 is 14.8 Å². The van der Waals surface area contributed by atoms with Gasteiger partial charge in [-0.1, -0.05) is 25.0 Å². The average molecular weight is 423 g/mol. The topological polar surface area (TPSA) is 73.3 Å². The number of rotatable bonds is 6. The molecule has 0 aliphatic heterocycles. The van der Waals surface area contributed by atoms with Gasteiger partial charge in [0, 0.05) is 18.4 Å². The molecule has 1 aliphatic carbocycles. The van der Waals surface area contributed by atoms with E-state index >= 15 is 0 Å². The van der Waals surface area contributed by atoms with E-state index in [4.69, 9.17) is 9.47 Å². The molecule has 1 N–H and O–H groups in total. The van der Waals surface area contributed by atoms with Crippen LogP contribution in [0.15, 0.2) is 30.3 Å². The molecule has 1 saturated carbocycles. The van der Waals surface area contributed by atoms with Gasteiger partial charge in [-0.05, 0) is 30.5 Å². The van der Waals surface area contributed by atoms with Crippen LogP contribution in [-0.4, -0.2) is 30.1 Å². The number of hydrogen-bond donors (Lipinski definition) is 1. The van der Waals surface area contributed by atoms with Crippen molar-refractivity contribution in [2.45, 2.75) is 44.3 Å². The second-order valence-electron chi connectivity index (χ2n) is 7.22. The predicted molar refractivity (Wildman–Crippen MR) is 103 cm³/mol. The summed E-state index contributed by atoms with van der Waals surface area (Å²) in [6, 6.07) is 6.52. The highest BCUT2D eigenvalue weighted by Crippen LogP contribution is 2.38. The number of aromatic nitrogens is 2. The van der Waals surface area contributed by atoms with E-state index in [1.54, 1.807) is 12.1 Å². The van der Waals surface area contributed by atoms with Crippen LogP contribution in [-0.2, 0) is 17.5 Å². The number of methoxy groups -OCH3 is 2. The molecule has 9 heteroatoms. The van der Waals surface area contributed by atoms with Crippen molar-refractivity contribution in [1.29, 1.82) is 0 Å². The highest BCUT2D eigenvalue weighted by atomic mass is 19.4. The third-order valence-electron chi connectivity index (χ3n) is 5.27. The first-order chi connectivity index (χ1) is 14.3. The van der Waals surface area contributed by atoms with E-state index in [-0.39, 0.29) is 24.3 Å². The summed E-state index contributed by atoms with van der Waals surface area (Å²) in [5, 5.41) is 2.78. The summed E-state index contributed by atoms with van der Waals surface area (Å²) in [5.41, 5.74) is -0.341. The zero-order valence-corrected chi connectivity index (χ0v) is 16.8. The standard InChI is InChI=1S/C21H24F3N3O3/c1-29-17-11-18(30-2)27-19(26-17)15-8-3-4-9-16(15)20(28)25-12-13-6-5-7-14(10-13)21(22,23)24/h5-7,10-11,15-16H,3-4,8-9,12H2,1-2H3,(H,25,28)/t15-,16+/m1/s1. The van der Waals surface area contributed by atoms with E-state index < -0.39 is 11.7 Å². The molecule has 1 aliphatic rings. The third-order valence-corrected chi connectivity index (χ3v) is 5.27. The minimum atomic E-state index is -4.42. The predicted octanol–water partition coefficient (Wildman–Crippen LogP) is 4.10. The van der Waals surface area contributed by atoms with Crippen molar-refractivity contribution < 1.29 is 27.4 Å². The quantitative estimate of drug-likeness (QED) is 0.757. The van der Waals surface area contributed by atoms with Crippen LogP contribution in [0.4, 0.5) is 13.2 Å².